The van der Waals surface area contributed by atoms with Gasteiger partial charge in [-0.15, -0.1) is 0 Å². The summed E-state index contributed by atoms with van der Waals surface area (Å²) >= 11 is 0. The molecule has 0 bridgehead atoms. The third-order valence-corrected chi connectivity index (χ3v) is 4.71. The lowest BCUT2D eigenvalue weighted by Crippen LogP contribution is -2.49. The van der Waals surface area contributed by atoms with Crippen LogP contribution in [0.1, 0.15) is 35.7 Å². The Labute approximate surface area is 155 Å². The molecule has 1 atom stereocenters. The molecule has 1 unspecified atom stereocenters. The summed E-state index contributed by atoms with van der Waals surface area (Å²) in [6.07, 6.45) is 1.23. The number of benzene rings is 2. The van der Waals surface area contributed by atoms with Crippen molar-refractivity contribution in [2.45, 2.75) is 25.3 Å². The van der Waals surface area contributed by atoms with Gasteiger partial charge in [-0.05, 0) is 49.2 Å². The van der Waals surface area contributed by atoms with Crippen LogP contribution in [0, 0.1) is 5.82 Å². The van der Waals surface area contributed by atoms with Gasteiger partial charge in [0.05, 0.1) is 0 Å². The molecule has 1 aliphatic heterocycles. The van der Waals surface area contributed by atoms with E-state index in [0.29, 0.717) is 18.7 Å². The average Bonchev–Trinajstić information content (AvgIpc) is 3.08. The van der Waals surface area contributed by atoms with E-state index < -0.39 is 23.2 Å². The van der Waals surface area contributed by atoms with Crippen LogP contribution >= 0.6 is 0 Å². The Morgan fingerprint density at radius 1 is 1.19 bits per heavy atom. The number of nitrogens with zero attached hydrogens (tertiary/aromatic N) is 1. The Bertz CT molecular complexity index is 897. The molecule has 1 heterocycles. The molecule has 0 radical (unpaired) electrons. The number of rotatable bonds is 5. The van der Waals surface area contributed by atoms with Crippen molar-refractivity contribution in [3.05, 3.63) is 65.5 Å². The van der Waals surface area contributed by atoms with Crippen LogP contribution in [-0.2, 0) is 15.1 Å². The van der Waals surface area contributed by atoms with E-state index in [1.165, 1.54) is 19.1 Å². The van der Waals surface area contributed by atoms with Crippen LogP contribution in [0.3, 0.4) is 0 Å². The predicted octanol–water partition coefficient (Wildman–Crippen LogP) is 2.68. The van der Waals surface area contributed by atoms with Crippen molar-refractivity contribution in [3.8, 4) is 0 Å². The first-order valence-corrected chi connectivity index (χ1v) is 8.53. The molecular formula is C20H19FN2O4. The number of aliphatic carboxylic acids is 1. The topological polar surface area (TPSA) is 86.7 Å². The Balaban J connectivity index is 1.87. The third kappa shape index (κ3) is 3.67. The highest BCUT2D eigenvalue weighted by molar-refractivity contribution is 6.00. The summed E-state index contributed by atoms with van der Waals surface area (Å²) in [6.45, 7) is 1.93. The largest absolute Gasteiger partial charge is 0.479 e. The summed E-state index contributed by atoms with van der Waals surface area (Å²) in [5.41, 5.74) is -0.647. The zero-order valence-corrected chi connectivity index (χ0v) is 14.7. The minimum Gasteiger partial charge on any atom is -0.479 e. The van der Waals surface area contributed by atoms with E-state index in [9.17, 15) is 23.9 Å². The van der Waals surface area contributed by atoms with Crippen molar-refractivity contribution >= 4 is 23.5 Å². The van der Waals surface area contributed by atoms with Crippen LogP contribution in [0.25, 0.3) is 0 Å². The quantitative estimate of drug-likeness (QED) is 0.847. The SMILES string of the molecule is CC(NC(=O)c1cccc(N2CCCC2=O)c1)(C(=O)O)c1ccc(F)cc1. The van der Waals surface area contributed by atoms with E-state index >= 15 is 0 Å². The highest BCUT2D eigenvalue weighted by Gasteiger charge is 2.37. The lowest BCUT2D eigenvalue weighted by atomic mass is 9.91. The Morgan fingerprint density at radius 3 is 2.48 bits per heavy atom. The van der Waals surface area contributed by atoms with Crippen LogP contribution in [0.2, 0.25) is 0 Å². The minimum atomic E-state index is -1.73. The lowest BCUT2D eigenvalue weighted by Gasteiger charge is -2.27. The van der Waals surface area contributed by atoms with Gasteiger partial charge in [-0.2, -0.15) is 0 Å². The van der Waals surface area contributed by atoms with Crippen molar-refractivity contribution in [1.29, 1.82) is 0 Å². The van der Waals surface area contributed by atoms with Crippen LogP contribution in [-0.4, -0.2) is 29.4 Å². The maximum atomic E-state index is 13.2. The van der Waals surface area contributed by atoms with Crippen molar-refractivity contribution in [1.82, 2.24) is 5.32 Å². The minimum absolute atomic E-state index is 0.00533. The summed E-state index contributed by atoms with van der Waals surface area (Å²) in [5.74, 6) is -2.37. The molecule has 3 rings (SSSR count). The van der Waals surface area contributed by atoms with Gasteiger partial charge in [0.15, 0.2) is 5.54 Å². The van der Waals surface area contributed by atoms with E-state index in [1.54, 1.807) is 29.2 Å². The highest BCUT2D eigenvalue weighted by Crippen LogP contribution is 2.25. The molecule has 1 fully saturated rings. The second kappa shape index (κ2) is 7.19. The first-order chi connectivity index (χ1) is 12.8. The zero-order valence-electron chi connectivity index (χ0n) is 14.7. The molecule has 0 aliphatic carbocycles. The molecule has 1 saturated heterocycles. The molecule has 140 valence electrons. The van der Waals surface area contributed by atoms with Crippen LogP contribution < -0.4 is 10.2 Å². The van der Waals surface area contributed by atoms with Crippen LogP contribution in [0.15, 0.2) is 48.5 Å². The van der Waals surface area contributed by atoms with Crippen molar-refractivity contribution < 1.29 is 23.9 Å². The van der Waals surface area contributed by atoms with Gasteiger partial charge in [0, 0.05) is 24.2 Å². The molecule has 7 heteroatoms. The van der Waals surface area contributed by atoms with Gasteiger partial charge in [0.1, 0.15) is 5.82 Å². The van der Waals surface area contributed by atoms with Gasteiger partial charge >= 0.3 is 5.97 Å². The van der Waals surface area contributed by atoms with Gasteiger partial charge in [0.2, 0.25) is 5.91 Å². The molecule has 1 aliphatic rings. The number of carboxylic acid groups (broad SMARTS) is 1. The van der Waals surface area contributed by atoms with Crippen molar-refractivity contribution in [3.63, 3.8) is 0 Å². The number of carboxylic acids is 1. The van der Waals surface area contributed by atoms with Gasteiger partial charge in [-0.25, -0.2) is 9.18 Å². The molecule has 27 heavy (non-hydrogen) atoms. The fraction of sp³-hybridized carbons (Fsp3) is 0.250. The Hall–Kier alpha value is -3.22. The molecule has 6 nitrogen and oxygen atoms in total. The molecule has 0 saturated carbocycles. The standard InChI is InChI=1S/C20H19FN2O4/c1-20(19(26)27,14-7-9-15(21)10-8-14)22-18(25)13-4-2-5-16(12-13)23-11-3-6-17(23)24/h2,4-5,7-10,12H,3,6,11H2,1H3,(H,22,25)(H,26,27). The Morgan fingerprint density at radius 2 is 1.89 bits per heavy atom. The van der Waals surface area contributed by atoms with E-state index in [2.05, 4.69) is 5.32 Å². The molecule has 2 N–H and O–H groups in total. The summed E-state index contributed by atoms with van der Waals surface area (Å²) in [6, 6.07) is 11.4. The van der Waals surface area contributed by atoms with Crippen molar-refractivity contribution in [2.24, 2.45) is 0 Å². The second-order valence-corrected chi connectivity index (χ2v) is 6.59. The normalized spacial score (nSPS) is 16.1. The number of halogens is 1. The lowest BCUT2D eigenvalue weighted by molar-refractivity contribution is -0.144. The second-order valence-electron chi connectivity index (χ2n) is 6.59. The number of hydrogen-bond donors (Lipinski definition) is 2. The molecule has 2 aromatic rings. The first-order valence-electron chi connectivity index (χ1n) is 8.53. The fourth-order valence-electron chi connectivity index (χ4n) is 3.07. The fourth-order valence-corrected chi connectivity index (χ4v) is 3.07. The van der Waals surface area contributed by atoms with Crippen molar-refractivity contribution in [2.75, 3.05) is 11.4 Å². The molecular weight excluding hydrogens is 351 g/mol. The third-order valence-electron chi connectivity index (χ3n) is 4.71. The van der Waals surface area contributed by atoms with Gasteiger partial charge in [0.25, 0.3) is 5.91 Å². The highest BCUT2D eigenvalue weighted by atomic mass is 19.1. The van der Waals surface area contributed by atoms with Gasteiger partial charge < -0.3 is 15.3 Å². The molecule has 2 aromatic carbocycles. The average molecular weight is 370 g/mol. The number of amides is 2. The molecule has 0 aromatic heterocycles. The molecule has 0 spiro atoms. The maximum absolute atomic E-state index is 13.2. The van der Waals surface area contributed by atoms with E-state index in [4.69, 9.17) is 0 Å². The van der Waals surface area contributed by atoms with Crippen LogP contribution in [0.5, 0.6) is 0 Å². The smallest absolute Gasteiger partial charge is 0.333 e. The zero-order chi connectivity index (χ0) is 19.6. The predicted molar refractivity (Wildman–Crippen MR) is 96.9 cm³/mol. The van der Waals surface area contributed by atoms with Gasteiger partial charge in [-0.1, -0.05) is 18.2 Å². The van der Waals surface area contributed by atoms with E-state index in [1.807, 2.05) is 0 Å². The molecule has 2 amide bonds. The number of hydrogen-bond acceptors (Lipinski definition) is 3. The van der Waals surface area contributed by atoms with Crippen LogP contribution in [0.4, 0.5) is 10.1 Å². The van der Waals surface area contributed by atoms with E-state index in [0.717, 1.165) is 18.6 Å². The number of carbonyl (C=O) groups is 3. The summed E-state index contributed by atoms with van der Waals surface area (Å²) < 4.78 is 13.2. The number of carbonyl (C=O) groups excluding carboxylic acids is 2. The maximum Gasteiger partial charge on any atom is 0.333 e. The Kier molecular flexibility index (Phi) is 4.94. The number of anilines is 1. The first kappa shape index (κ1) is 18.6. The summed E-state index contributed by atoms with van der Waals surface area (Å²) in [4.78, 5) is 38.0. The van der Waals surface area contributed by atoms with Gasteiger partial charge in [-0.3, -0.25) is 9.59 Å². The number of nitrogens with one attached hydrogen (secondary N) is 1. The monoisotopic (exact) mass is 370 g/mol. The summed E-state index contributed by atoms with van der Waals surface area (Å²) in [7, 11) is 0. The van der Waals surface area contributed by atoms with E-state index in [-0.39, 0.29) is 17.0 Å². The summed E-state index contributed by atoms with van der Waals surface area (Å²) in [5, 5.41) is 12.2.